The number of esters is 2. The third-order valence-electron chi connectivity index (χ3n) is 4.02. The van der Waals surface area contributed by atoms with Crippen molar-refractivity contribution >= 4 is 11.9 Å². The molecule has 138 valence electrons. The molecule has 1 N–H and O–H groups in total. The molecule has 1 rings (SSSR count). The summed E-state index contributed by atoms with van der Waals surface area (Å²) in [5.41, 5.74) is 1.17. The van der Waals surface area contributed by atoms with Crippen LogP contribution in [0.1, 0.15) is 32.3 Å². The molecule has 0 saturated carbocycles. The molecule has 0 aliphatic rings. The number of rotatable bonds is 11. The average molecular weight is 348 g/mol. The molecule has 0 spiro atoms. The highest BCUT2D eigenvalue weighted by molar-refractivity contribution is 5.66. The Hall–Kier alpha value is -2.14. The number of hydrogen-bond donors (Lipinski definition) is 1. The maximum atomic E-state index is 11.0. The van der Waals surface area contributed by atoms with Gasteiger partial charge in [0, 0.05) is 25.7 Å². The molecule has 0 bridgehead atoms. The first-order valence-electron chi connectivity index (χ1n) is 8.53. The van der Waals surface area contributed by atoms with Gasteiger partial charge in [-0.25, -0.2) is 0 Å². The van der Waals surface area contributed by atoms with Gasteiger partial charge in [0.15, 0.2) is 0 Å². The van der Waals surface area contributed by atoms with E-state index in [1.54, 1.807) is 6.08 Å². The molecule has 2 atom stereocenters. The summed E-state index contributed by atoms with van der Waals surface area (Å²) in [7, 11) is 0. The van der Waals surface area contributed by atoms with Gasteiger partial charge in [-0.2, -0.15) is 0 Å². The fourth-order valence-electron chi connectivity index (χ4n) is 2.62. The highest BCUT2D eigenvalue weighted by Crippen LogP contribution is 2.22. The molecule has 0 radical (unpaired) electrons. The van der Waals surface area contributed by atoms with Gasteiger partial charge in [0.05, 0.1) is 19.3 Å². The lowest BCUT2D eigenvalue weighted by Crippen LogP contribution is -2.27. The van der Waals surface area contributed by atoms with Gasteiger partial charge in [-0.1, -0.05) is 36.4 Å². The van der Waals surface area contributed by atoms with Gasteiger partial charge >= 0.3 is 11.9 Å². The van der Waals surface area contributed by atoms with E-state index in [1.807, 2.05) is 30.3 Å². The molecule has 0 saturated heterocycles. The van der Waals surface area contributed by atoms with Gasteiger partial charge in [0.1, 0.15) is 0 Å². The maximum Gasteiger partial charge on any atom is 0.302 e. The third-order valence-corrected chi connectivity index (χ3v) is 4.02. The van der Waals surface area contributed by atoms with Crippen molar-refractivity contribution in [1.29, 1.82) is 0 Å². The first kappa shape index (κ1) is 20.9. The predicted molar refractivity (Wildman–Crippen MR) is 95.8 cm³/mol. The smallest absolute Gasteiger partial charge is 0.302 e. The van der Waals surface area contributed by atoms with E-state index in [0.29, 0.717) is 12.8 Å². The van der Waals surface area contributed by atoms with Crippen LogP contribution < -0.4 is 0 Å². The van der Waals surface area contributed by atoms with Gasteiger partial charge in [0.25, 0.3) is 0 Å². The second-order valence-electron chi connectivity index (χ2n) is 6.20. The molecule has 0 heterocycles. The molecule has 0 aliphatic heterocycles. The Labute approximate surface area is 149 Å². The molecular formula is C20H28O5. The number of carbonyl (C=O) groups is 2. The summed E-state index contributed by atoms with van der Waals surface area (Å²) in [4.78, 5) is 22.1. The number of ether oxygens (including phenoxy) is 2. The molecule has 0 aliphatic carbocycles. The summed E-state index contributed by atoms with van der Waals surface area (Å²) < 4.78 is 10.1. The summed E-state index contributed by atoms with van der Waals surface area (Å²) in [5, 5.41) is 10.5. The molecule has 5 heteroatoms. The molecule has 0 fully saturated rings. The number of carbonyl (C=O) groups excluding carboxylic acids is 2. The molecule has 1 aromatic rings. The number of benzene rings is 1. The lowest BCUT2D eigenvalue weighted by Gasteiger charge is -2.24. The van der Waals surface area contributed by atoms with Crippen molar-refractivity contribution in [2.45, 2.75) is 39.2 Å². The zero-order valence-corrected chi connectivity index (χ0v) is 15.0. The van der Waals surface area contributed by atoms with Gasteiger partial charge in [-0.3, -0.25) is 9.59 Å². The number of aryl methyl sites for hydroxylation is 1. The van der Waals surface area contributed by atoms with Crippen LogP contribution in [0.5, 0.6) is 0 Å². The Morgan fingerprint density at radius 3 is 2.16 bits per heavy atom. The summed E-state index contributed by atoms with van der Waals surface area (Å²) in [5.74, 6) is -1.11. The minimum atomic E-state index is -0.560. The number of aliphatic hydroxyl groups is 1. The lowest BCUT2D eigenvalue weighted by atomic mass is 9.88. The Morgan fingerprint density at radius 1 is 1.12 bits per heavy atom. The predicted octanol–water partition coefficient (Wildman–Crippen LogP) is 2.91. The standard InChI is InChI=1S/C20H28O5/c1-4-19(20(23)11-10-17-8-6-5-7-9-17)12-18(13-24-15(2)21)14-25-16(3)22/h4-9,18-20,23H,1,10-14H2,2-3H3. The molecule has 0 amide bonds. The van der Waals surface area contributed by atoms with Crippen molar-refractivity contribution in [3.05, 3.63) is 48.6 Å². The van der Waals surface area contributed by atoms with E-state index < -0.39 is 6.10 Å². The molecule has 25 heavy (non-hydrogen) atoms. The van der Waals surface area contributed by atoms with E-state index in [2.05, 4.69) is 6.58 Å². The Kier molecular flexibility index (Phi) is 9.55. The van der Waals surface area contributed by atoms with Gasteiger partial charge in [-0.15, -0.1) is 6.58 Å². The van der Waals surface area contributed by atoms with Crippen molar-refractivity contribution in [3.63, 3.8) is 0 Å². The van der Waals surface area contributed by atoms with Crippen LogP contribution in [-0.4, -0.2) is 36.4 Å². The summed E-state index contributed by atoms with van der Waals surface area (Å²) in [6, 6.07) is 9.96. The van der Waals surface area contributed by atoms with Crippen LogP contribution in [0.15, 0.2) is 43.0 Å². The van der Waals surface area contributed by atoms with E-state index in [0.717, 1.165) is 6.42 Å². The highest BCUT2D eigenvalue weighted by atomic mass is 16.5. The first-order chi connectivity index (χ1) is 11.9. The van der Waals surface area contributed by atoms with Crippen LogP contribution in [-0.2, 0) is 25.5 Å². The maximum absolute atomic E-state index is 11.0. The van der Waals surface area contributed by atoms with Crippen LogP contribution >= 0.6 is 0 Å². The third kappa shape index (κ3) is 9.05. The summed E-state index contributed by atoms with van der Waals surface area (Å²) >= 11 is 0. The van der Waals surface area contributed by atoms with Crippen LogP contribution in [0.2, 0.25) is 0 Å². The quantitative estimate of drug-likeness (QED) is 0.492. The van der Waals surface area contributed by atoms with Gasteiger partial charge in [-0.05, 0) is 24.8 Å². The zero-order valence-electron chi connectivity index (χ0n) is 15.0. The normalized spacial score (nSPS) is 13.1. The second kappa shape index (κ2) is 11.4. The molecule has 0 aromatic heterocycles. The fourth-order valence-corrected chi connectivity index (χ4v) is 2.62. The van der Waals surface area contributed by atoms with Crippen molar-refractivity contribution < 1.29 is 24.2 Å². The van der Waals surface area contributed by atoms with E-state index in [-0.39, 0.29) is 37.0 Å². The van der Waals surface area contributed by atoms with Crippen LogP contribution in [0.4, 0.5) is 0 Å². The van der Waals surface area contributed by atoms with Gasteiger partial charge in [0.2, 0.25) is 0 Å². The molecule has 5 nitrogen and oxygen atoms in total. The van der Waals surface area contributed by atoms with E-state index >= 15 is 0 Å². The average Bonchev–Trinajstić information content (AvgIpc) is 2.59. The molecule has 1 aromatic carbocycles. The van der Waals surface area contributed by atoms with E-state index in [4.69, 9.17) is 9.47 Å². The zero-order chi connectivity index (χ0) is 18.7. The van der Waals surface area contributed by atoms with E-state index in [9.17, 15) is 14.7 Å². The lowest BCUT2D eigenvalue weighted by molar-refractivity contribution is -0.146. The van der Waals surface area contributed by atoms with E-state index in [1.165, 1.54) is 19.4 Å². The number of aliphatic hydroxyl groups excluding tert-OH is 1. The number of hydrogen-bond acceptors (Lipinski definition) is 5. The molecule has 2 unspecified atom stereocenters. The van der Waals surface area contributed by atoms with Crippen molar-refractivity contribution in [2.75, 3.05) is 13.2 Å². The molecular weight excluding hydrogens is 320 g/mol. The van der Waals surface area contributed by atoms with Crippen LogP contribution in [0, 0.1) is 11.8 Å². The second-order valence-corrected chi connectivity index (χ2v) is 6.20. The fraction of sp³-hybridized carbons (Fsp3) is 0.500. The topological polar surface area (TPSA) is 72.8 Å². The van der Waals surface area contributed by atoms with Gasteiger partial charge < -0.3 is 14.6 Å². The monoisotopic (exact) mass is 348 g/mol. The first-order valence-corrected chi connectivity index (χ1v) is 8.53. The SMILES string of the molecule is C=CC(CC(COC(C)=O)COC(C)=O)C(O)CCc1ccccc1. The van der Waals surface area contributed by atoms with Crippen molar-refractivity contribution in [2.24, 2.45) is 11.8 Å². The van der Waals surface area contributed by atoms with Crippen molar-refractivity contribution in [1.82, 2.24) is 0 Å². The summed E-state index contributed by atoms with van der Waals surface area (Å²) in [6.07, 6.45) is 3.05. The summed E-state index contributed by atoms with van der Waals surface area (Å²) in [6.45, 7) is 6.78. The Bertz CT molecular complexity index is 522. The highest BCUT2D eigenvalue weighted by Gasteiger charge is 2.22. The minimum absolute atomic E-state index is 0.151. The van der Waals surface area contributed by atoms with Crippen LogP contribution in [0.25, 0.3) is 0 Å². The van der Waals surface area contributed by atoms with Crippen molar-refractivity contribution in [3.8, 4) is 0 Å². The van der Waals surface area contributed by atoms with Crippen LogP contribution in [0.3, 0.4) is 0 Å². The Morgan fingerprint density at radius 2 is 1.68 bits per heavy atom. The minimum Gasteiger partial charge on any atom is -0.465 e. The Balaban J connectivity index is 2.58. The largest absolute Gasteiger partial charge is 0.465 e.